The molecular formula is C14H22BrNO. The average Bonchev–Trinajstić information content (AvgIpc) is 2.26. The predicted octanol–water partition coefficient (Wildman–Crippen LogP) is 3.91. The van der Waals surface area contributed by atoms with Gasteiger partial charge < -0.3 is 10.5 Å². The molecule has 96 valence electrons. The quantitative estimate of drug-likeness (QED) is 0.775. The van der Waals surface area contributed by atoms with Gasteiger partial charge in [-0.2, -0.15) is 0 Å². The van der Waals surface area contributed by atoms with Gasteiger partial charge in [-0.15, -0.1) is 0 Å². The van der Waals surface area contributed by atoms with Crippen molar-refractivity contribution in [3.05, 3.63) is 28.2 Å². The molecule has 1 unspecified atom stereocenters. The topological polar surface area (TPSA) is 35.2 Å². The first-order valence-corrected chi connectivity index (χ1v) is 7.10. The van der Waals surface area contributed by atoms with E-state index in [4.69, 9.17) is 10.5 Å². The zero-order valence-electron chi connectivity index (χ0n) is 10.7. The number of benzene rings is 1. The zero-order valence-corrected chi connectivity index (χ0v) is 12.3. The summed E-state index contributed by atoms with van der Waals surface area (Å²) in [6.45, 7) is 4.99. The summed E-state index contributed by atoms with van der Waals surface area (Å²) in [5.41, 5.74) is 7.03. The van der Waals surface area contributed by atoms with Crippen LogP contribution in [0.5, 0.6) is 5.75 Å². The number of unbranched alkanes of at least 4 members (excludes halogenated alkanes) is 2. The van der Waals surface area contributed by atoms with Crippen LogP contribution in [0.15, 0.2) is 22.7 Å². The number of nitrogens with two attached hydrogens (primary N) is 1. The highest BCUT2D eigenvalue weighted by Gasteiger charge is 2.09. The Kier molecular flexibility index (Phi) is 6.60. The SMILES string of the molecule is CCCCCOc1c(Br)cccc1CC(C)N. The Morgan fingerprint density at radius 2 is 2.12 bits per heavy atom. The van der Waals surface area contributed by atoms with E-state index in [0.717, 1.165) is 29.7 Å². The molecule has 0 aliphatic carbocycles. The van der Waals surface area contributed by atoms with E-state index in [0.29, 0.717) is 0 Å². The van der Waals surface area contributed by atoms with Gasteiger partial charge in [0.2, 0.25) is 0 Å². The molecule has 1 rings (SSSR count). The molecule has 3 heteroatoms. The molecule has 0 radical (unpaired) electrons. The van der Waals surface area contributed by atoms with Crippen LogP contribution < -0.4 is 10.5 Å². The van der Waals surface area contributed by atoms with Gasteiger partial charge in [0.15, 0.2) is 0 Å². The zero-order chi connectivity index (χ0) is 12.7. The van der Waals surface area contributed by atoms with E-state index in [-0.39, 0.29) is 6.04 Å². The largest absolute Gasteiger partial charge is 0.492 e. The van der Waals surface area contributed by atoms with E-state index in [1.165, 1.54) is 18.4 Å². The number of hydrogen-bond donors (Lipinski definition) is 1. The summed E-state index contributed by atoms with van der Waals surface area (Å²) in [6, 6.07) is 6.28. The van der Waals surface area contributed by atoms with Crippen LogP contribution in [-0.4, -0.2) is 12.6 Å². The summed E-state index contributed by atoms with van der Waals surface area (Å²) in [5.74, 6) is 0.959. The minimum absolute atomic E-state index is 0.155. The summed E-state index contributed by atoms with van der Waals surface area (Å²) in [7, 11) is 0. The summed E-state index contributed by atoms with van der Waals surface area (Å²) < 4.78 is 6.89. The maximum atomic E-state index is 5.87. The highest BCUT2D eigenvalue weighted by molar-refractivity contribution is 9.10. The van der Waals surface area contributed by atoms with Crippen molar-refractivity contribution in [2.75, 3.05) is 6.61 Å². The van der Waals surface area contributed by atoms with Crippen LogP contribution in [0.4, 0.5) is 0 Å². The van der Waals surface area contributed by atoms with Gasteiger partial charge in [-0.1, -0.05) is 31.9 Å². The summed E-state index contributed by atoms with van der Waals surface area (Å²) in [4.78, 5) is 0. The van der Waals surface area contributed by atoms with Crippen LogP contribution >= 0.6 is 15.9 Å². The highest BCUT2D eigenvalue weighted by Crippen LogP contribution is 2.30. The normalized spacial score (nSPS) is 12.5. The maximum Gasteiger partial charge on any atom is 0.136 e. The standard InChI is InChI=1S/C14H22BrNO/c1-3-4-5-9-17-14-12(10-11(2)16)7-6-8-13(14)15/h6-8,11H,3-5,9-10,16H2,1-2H3. The highest BCUT2D eigenvalue weighted by atomic mass is 79.9. The fourth-order valence-electron chi connectivity index (χ4n) is 1.75. The summed E-state index contributed by atoms with van der Waals surface area (Å²) in [5, 5.41) is 0. The molecule has 0 fully saturated rings. The van der Waals surface area contributed by atoms with Crippen LogP contribution in [-0.2, 0) is 6.42 Å². The van der Waals surface area contributed by atoms with Crippen LogP contribution in [0.25, 0.3) is 0 Å². The van der Waals surface area contributed by atoms with Crippen molar-refractivity contribution in [3.63, 3.8) is 0 Å². The van der Waals surface area contributed by atoms with Gasteiger partial charge in [-0.05, 0) is 47.3 Å². The first-order chi connectivity index (χ1) is 8.15. The molecule has 2 nitrogen and oxygen atoms in total. The predicted molar refractivity (Wildman–Crippen MR) is 76.5 cm³/mol. The Labute approximate surface area is 113 Å². The second kappa shape index (κ2) is 7.72. The molecule has 0 amide bonds. The van der Waals surface area contributed by atoms with Crippen molar-refractivity contribution in [3.8, 4) is 5.75 Å². The molecule has 1 atom stereocenters. The monoisotopic (exact) mass is 299 g/mol. The average molecular weight is 300 g/mol. The molecule has 0 saturated heterocycles. The summed E-state index contributed by atoms with van der Waals surface area (Å²) >= 11 is 3.54. The van der Waals surface area contributed by atoms with E-state index in [2.05, 4.69) is 28.9 Å². The molecule has 17 heavy (non-hydrogen) atoms. The third-order valence-electron chi connectivity index (χ3n) is 2.58. The van der Waals surface area contributed by atoms with Gasteiger partial charge in [-0.25, -0.2) is 0 Å². The molecule has 0 bridgehead atoms. The smallest absolute Gasteiger partial charge is 0.136 e. The van der Waals surface area contributed by atoms with Crippen molar-refractivity contribution in [1.29, 1.82) is 0 Å². The second-order valence-corrected chi connectivity index (χ2v) is 5.32. The third kappa shape index (κ3) is 5.09. The minimum atomic E-state index is 0.155. The van der Waals surface area contributed by atoms with Gasteiger partial charge in [0.05, 0.1) is 11.1 Å². The number of hydrogen-bond acceptors (Lipinski definition) is 2. The van der Waals surface area contributed by atoms with Gasteiger partial charge >= 0.3 is 0 Å². The van der Waals surface area contributed by atoms with Crippen molar-refractivity contribution in [1.82, 2.24) is 0 Å². The van der Waals surface area contributed by atoms with Gasteiger partial charge in [-0.3, -0.25) is 0 Å². The molecule has 0 aromatic heterocycles. The third-order valence-corrected chi connectivity index (χ3v) is 3.21. The number of halogens is 1. The van der Waals surface area contributed by atoms with E-state index in [9.17, 15) is 0 Å². The van der Waals surface area contributed by atoms with Crippen LogP contribution in [0.3, 0.4) is 0 Å². The Bertz CT molecular complexity index is 339. The van der Waals surface area contributed by atoms with Crippen molar-refractivity contribution in [2.45, 2.75) is 45.6 Å². The van der Waals surface area contributed by atoms with Gasteiger partial charge in [0.1, 0.15) is 5.75 Å². The lowest BCUT2D eigenvalue weighted by molar-refractivity contribution is 0.301. The molecule has 0 saturated carbocycles. The van der Waals surface area contributed by atoms with Crippen molar-refractivity contribution >= 4 is 15.9 Å². The number of para-hydroxylation sites is 1. The molecular weight excluding hydrogens is 278 g/mol. The first-order valence-electron chi connectivity index (χ1n) is 6.31. The Balaban J connectivity index is 2.66. The van der Waals surface area contributed by atoms with E-state index in [1.807, 2.05) is 19.1 Å². The summed E-state index contributed by atoms with van der Waals surface area (Å²) in [6.07, 6.45) is 4.39. The van der Waals surface area contributed by atoms with Crippen LogP contribution in [0.1, 0.15) is 38.7 Å². The molecule has 0 aliphatic heterocycles. The number of ether oxygens (including phenoxy) is 1. The van der Waals surface area contributed by atoms with Crippen LogP contribution in [0.2, 0.25) is 0 Å². The Hall–Kier alpha value is -0.540. The van der Waals surface area contributed by atoms with Crippen LogP contribution in [0, 0.1) is 0 Å². The van der Waals surface area contributed by atoms with Gasteiger partial charge in [0, 0.05) is 6.04 Å². The van der Waals surface area contributed by atoms with E-state index >= 15 is 0 Å². The maximum absolute atomic E-state index is 5.87. The first kappa shape index (κ1) is 14.5. The Morgan fingerprint density at radius 3 is 2.76 bits per heavy atom. The molecule has 0 aliphatic rings. The van der Waals surface area contributed by atoms with E-state index < -0.39 is 0 Å². The van der Waals surface area contributed by atoms with Crippen molar-refractivity contribution < 1.29 is 4.74 Å². The Morgan fingerprint density at radius 1 is 1.35 bits per heavy atom. The minimum Gasteiger partial charge on any atom is -0.492 e. The molecule has 0 spiro atoms. The lowest BCUT2D eigenvalue weighted by Gasteiger charge is -2.14. The molecule has 1 aromatic rings. The van der Waals surface area contributed by atoms with Gasteiger partial charge in [0.25, 0.3) is 0 Å². The van der Waals surface area contributed by atoms with Crippen molar-refractivity contribution in [2.24, 2.45) is 5.73 Å². The lowest BCUT2D eigenvalue weighted by Crippen LogP contribution is -2.18. The molecule has 0 heterocycles. The lowest BCUT2D eigenvalue weighted by atomic mass is 10.1. The molecule has 2 N–H and O–H groups in total. The molecule has 1 aromatic carbocycles. The van der Waals surface area contributed by atoms with E-state index in [1.54, 1.807) is 0 Å². The second-order valence-electron chi connectivity index (χ2n) is 4.47. The number of rotatable bonds is 7. The fourth-order valence-corrected chi connectivity index (χ4v) is 2.27. The fraction of sp³-hybridized carbons (Fsp3) is 0.571.